The van der Waals surface area contributed by atoms with E-state index in [1.165, 1.54) is 0 Å². The van der Waals surface area contributed by atoms with E-state index >= 15 is 0 Å². The molecular formula is C20H17N7O. The number of nitrogens with two attached hydrogens (primary N) is 1. The van der Waals surface area contributed by atoms with Crippen molar-refractivity contribution >= 4 is 17.6 Å². The van der Waals surface area contributed by atoms with Gasteiger partial charge in [-0.1, -0.05) is 24.3 Å². The average Bonchev–Trinajstić information content (AvgIpc) is 2.73. The molecule has 0 saturated carbocycles. The topological polar surface area (TPSA) is 129 Å². The molecule has 0 aliphatic rings. The van der Waals surface area contributed by atoms with E-state index < -0.39 is 11.9 Å². The van der Waals surface area contributed by atoms with Gasteiger partial charge in [0.15, 0.2) is 6.19 Å². The predicted molar refractivity (Wildman–Crippen MR) is 105 cm³/mol. The van der Waals surface area contributed by atoms with Crippen molar-refractivity contribution in [1.29, 1.82) is 5.26 Å². The number of benzene rings is 1. The van der Waals surface area contributed by atoms with Gasteiger partial charge in [-0.15, -0.1) is 0 Å². The van der Waals surface area contributed by atoms with E-state index in [4.69, 9.17) is 11.0 Å². The third-order valence-electron chi connectivity index (χ3n) is 3.85. The highest BCUT2D eigenvalue weighted by Gasteiger charge is 2.21. The Balaban J connectivity index is 2.09. The van der Waals surface area contributed by atoms with Crippen molar-refractivity contribution in [1.82, 2.24) is 15.3 Å². The van der Waals surface area contributed by atoms with Crippen LogP contribution in [0.1, 0.15) is 27.7 Å². The van der Waals surface area contributed by atoms with E-state index in [-0.39, 0.29) is 5.96 Å². The molecule has 0 fully saturated rings. The molecule has 0 radical (unpaired) electrons. The second-order valence-corrected chi connectivity index (χ2v) is 5.69. The van der Waals surface area contributed by atoms with E-state index in [0.717, 1.165) is 0 Å². The molecule has 0 bridgehead atoms. The lowest BCUT2D eigenvalue weighted by atomic mass is 9.97. The summed E-state index contributed by atoms with van der Waals surface area (Å²) in [6.45, 7) is 0. The third-order valence-corrected chi connectivity index (χ3v) is 3.85. The Morgan fingerprint density at radius 1 is 1.11 bits per heavy atom. The Labute approximate surface area is 161 Å². The lowest BCUT2D eigenvalue weighted by Crippen LogP contribution is -2.28. The molecule has 0 saturated heterocycles. The first kappa shape index (κ1) is 18.5. The van der Waals surface area contributed by atoms with Gasteiger partial charge in [-0.3, -0.25) is 20.1 Å². The molecule has 8 nitrogen and oxygen atoms in total. The average molecular weight is 371 g/mol. The standard InChI is InChI=1S/C20H17N7O/c21-13-25-20(26-14-6-5-10-23-12-14)27-18(17-9-3-4-11-24-17)15-7-1-2-8-16(15)19(22)28/h1-12,18H,(H2,22,28)(H2,25,26,27). The van der Waals surface area contributed by atoms with E-state index in [2.05, 4.69) is 25.6 Å². The Morgan fingerprint density at radius 3 is 2.61 bits per heavy atom. The normalized spacial score (nSPS) is 11.9. The number of hydrogen-bond acceptors (Lipinski definition) is 5. The van der Waals surface area contributed by atoms with Crippen molar-refractivity contribution in [2.45, 2.75) is 6.04 Å². The SMILES string of the molecule is N#CNC(=NC(c1ccccn1)c1ccccc1C(N)=O)Nc1cccnc1. The summed E-state index contributed by atoms with van der Waals surface area (Å²) in [4.78, 5) is 24.9. The summed E-state index contributed by atoms with van der Waals surface area (Å²) < 4.78 is 0. The quantitative estimate of drug-likeness (QED) is 0.273. The number of primary amides is 1. The number of rotatable bonds is 5. The number of nitrogens with zero attached hydrogens (tertiary/aromatic N) is 4. The molecule has 0 aliphatic heterocycles. The summed E-state index contributed by atoms with van der Waals surface area (Å²) in [5.41, 5.74) is 7.70. The fraction of sp³-hybridized carbons (Fsp3) is 0.0500. The van der Waals surface area contributed by atoms with E-state index in [9.17, 15) is 4.79 Å². The zero-order valence-corrected chi connectivity index (χ0v) is 14.8. The molecule has 138 valence electrons. The molecule has 28 heavy (non-hydrogen) atoms. The van der Waals surface area contributed by atoms with Crippen molar-refractivity contribution in [3.8, 4) is 6.19 Å². The highest BCUT2D eigenvalue weighted by Crippen LogP contribution is 2.27. The van der Waals surface area contributed by atoms with Crippen LogP contribution < -0.4 is 16.4 Å². The number of aromatic nitrogens is 2. The molecule has 3 aromatic rings. The molecule has 1 atom stereocenters. The lowest BCUT2D eigenvalue weighted by Gasteiger charge is -2.17. The van der Waals surface area contributed by atoms with Gasteiger partial charge in [0, 0.05) is 18.0 Å². The second-order valence-electron chi connectivity index (χ2n) is 5.69. The van der Waals surface area contributed by atoms with Gasteiger partial charge < -0.3 is 11.1 Å². The monoisotopic (exact) mass is 371 g/mol. The first-order chi connectivity index (χ1) is 13.7. The van der Waals surface area contributed by atoms with Crippen LogP contribution >= 0.6 is 0 Å². The van der Waals surface area contributed by atoms with Crippen LogP contribution in [-0.4, -0.2) is 21.8 Å². The number of aliphatic imine (C=N–C) groups is 1. The number of pyridine rings is 2. The minimum Gasteiger partial charge on any atom is -0.366 e. The number of carbonyl (C=O) groups excluding carboxylic acids is 1. The van der Waals surface area contributed by atoms with Crippen molar-refractivity contribution in [2.75, 3.05) is 5.32 Å². The molecule has 1 amide bonds. The van der Waals surface area contributed by atoms with Crippen LogP contribution in [0, 0.1) is 11.5 Å². The predicted octanol–water partition coefficient (Wildman–Crippen LogP) is 2.20. The van der Waals surface area contributed by atoms with Gasteiger partial charge in [-0.05, 0) is 35.9 Å². The van der Waals surface area contributed by atoms with Gasteiger partial charge in [-0.25, -0.2) is 4.99 Å². The second kappa shape index (κ2) is 8.91. The number of guanidine groups is 1. The lowest BCUT2D eigenvalue weighted by molar-refractivity contribution is 0.0999. The van der Waals surface area contributed by atoms with Gasteiger partial charge in [-0.2, -0.15) is 5.26 Å². The summed E-state index contributed by atoms with van der Waals surface area (Å²) in [6.07, 6.45) is 6.73. The van der Waals surface area contributed by atoms with E-state index in [1.54, 1.807) is 67.1 Å². The highest BCUT2D eigenvalue weighted by atomic mass is 16.1. The summed E-state index contributed by atoms with van der Waals surface area (Å²) in [5, 5.41) is 14.7. The maximum atomic E-state index is 11.9. The Kier molecular flexibility index (Phi) is 5.90. The summed E-state index contributed by atoms with van der Waals surface area (Å²) >= 11 is 0. The van der Waals surface area contributed by atoms with Crippen LogP contribution in [0.15, 0.2) is 78.2 Å². The first-order valence-electron chi connectivity index (χ1n) is 8.38. The van der Waals surface area contributed by atoms with Crippen molar-refractivity contribution in [3.05, 3.63) is 90.0 Å². The number of amides is 1. The summed E-state index contributed by atoms with van der Waals surface area (Å²) in [5.74, 6) is -0.382. The van der Waals surface area contributed by atoms with Crippen molar-refractivity contribution in [2.24, 2.45) is 10.7 Å². The molecule has 4 N–H and O–H groups in total. The molecular weight excluding hydrogens is 354 g/mol. The summed E-state index contributed by atoms with van der Waals surface area (Å²) in [6, 6.07) is 15.2. The maximum absolute atomic E-state index is 11.9. The van der Waals surface area contributed by atoms with Crippen LogP contribution in [0.5, 0.6) is 0 Å². The Bertz CT molecular complexity index is 1010. The van der Waals surface area contributed by atoms with E-state index in [1.807, 2.05) is 12.3 Å². The van der Waals surface area contributed by atoms with Crippen LogP contribution in [0.4, 0.5) is 5.69 Å². The van der Waals surface area contributed by atoms with Crippen LogP contribution in [0.2, 0.25) is 0 Å². The molecule has 2 aromatic heterocycles. The van der Waals surface area contributed by atoms with Gasteiger partial charge in [0.05, 0.1) is 17.6 Å². The summed E-state index contributed by atoms with van der Waals surface area (Å²) in [7, 11) is 0. The Hall–Kier alpha value is -4.25. The van der Waals surface area contributed by atoms with Gasteiger partial charge >= 0.3 is 0 Å². The van der Waals surface area contributed by atoms with Crippen LogP contribution in [0.3, 0.4) is 0 Å². The highest BCUT2D eigenvalue weighted by molar-refractivity contribution is 5.96. The van der Waals surface area contributed by atoms with Crippen LogP contribution in [-0.2, 0) is 0 Å². The zero-order valence-electron chi connectivity index (χ0n) is 14.8. The maximum Gasteiger partial charge on any atom is 0.249 e. The van der Waals surface area contributed by atoms with Gasteiger partial charge in [0.25, 0.3) is 0 Å². The molecule has 3 rings (SSSR count). The third kappa shape index (κ3) is 4.47. The molecule has 0 spiro atoms. The Morgan fingerprint density at radius 2 is 1.93 bits per heavy atom. The molecule has 1 unspecified atom stereocenters. The van der Waals surface area contributed by atoms with Crippen molar-refractivity contribution < 1.29 is 4.79 Å². The van der Waals surface area contributed by atoms with Gasteiger partial charge in [0.1, 0.15) is 6.04 Å². The minimum atomic E-state index is -0.662. The van der Waals surface area contributed by atoms with Crippen molar-refractivity contribution in [3.63, 3.8) is 0 Å². The zero-order chi connectivity index (χ0) is 19.8. The van der Waals surface area contributed by atoms with Crippen LogP contribution in [0.25, 0.3) is 0 Å². The largest absolute Gasteiger partial charge is 0.366 e. The number of carbonyl (C=O) groups is 1. The fourth-order valence-corrected chi connectivity index (χ4v) is 2.64. The molecule has 2 heterocycles. The minimum absolute atomic E-state index is 0.186. The number of nitriles is 1. The molecule has 8 heteroatoms. The van der Waals surface area contributed by atoms with E-state index in [0.29, 0.717) is 22.5 Å². The number of nitrogens with one attached hydrogen (secondary N) is 2. The fourth-order valence-electron chi connectivity index (χ4n) is 2.64. The van der Waals surface area contributed by atoms with Gasteiger partial charge in [0.2, 0.25) is 11.9 Å². The smallest absolute Gasteiger partial charge is 0.249 e. The number of anilines is 1. The first-order valence-corrected chi connectivity index (χ1v) is 8.38. The molecule has 0 aliphatic carbocycles. The molecule has 1 aromatic carbocycles. The number of hydrogen-bond donors (Lipinski definition) is 3.